The average molecular weight is 297 g/mol. The van der Waals surface area contributed by atoms with Crippen LogP contribution >= 0.6 is 11.3 Å². The van der Waals surface area contributed by atoms with Gasteiger partial charge >= 0.3 is 5.97 Å². The van der Waals surface area contributed by atoms with Gasteiger partial charge in [-0.05, 0) is 6.92 Å². The predicted octanol–water partition coefficient (Wildman–Crippen LogP) is 1.49. The van der Waals surface area contributed by atoms with Gasteiger partial charge in [-0.3, -0.25) is 4.79 Å². The van der Waals surface area contributed by atoms with Crippen molar-refractivity contribution in [3.63, 3.8) is 0 Å². The van der Waals surface area contributed by atoms with Gasteiger partial charge in [0.15, 0.2) is 0 Å². The number of esters is 1. The second-order valence-corrected chi connectivity index (χ2v) is 5.03. The Bertz CT molecular complexity index is 525. The number of amides is 1. The van der Waals surface area contributed by atoms with Gasteiger partial charge in [0, 0.05) is 20.1 Å². The minimum atomic E-state index is -0.545. The maximum atomic E-state index is 12.0. The van der Waals surface area contributed by atoms with E-state index < -0.39 is 5.97 Å². The highest BCUT2D eigenvalue weighted by Crippen LogP contribution is 2.38. The molecule has 0 fully saturated rings. The largest absolute Gasteiger partial charge is 0.465 e. The van der Waals surface area contributed by atoms with Crippen molar-refractivity contribution < 1.29 is 14.3 Å². The standard InChI is InChI=1S/C13H19N3O3S/c1-5-7-15-11(17)10-9(14)8(13(18)19-4)12(20-10)16(3)6-2/h5H,1,6-7,14H2,2-4H3,(H,15,17). The van der Waals surface area contributed by atoms with Crippen LogP contribution in [0.25, 0.3) is 0 Å². The molecule has 20 heavy (non-hydrogen) atoms. The summed E-state index contributed by atoms with van der Waals surface area (Å²) < 4.78 is 4.74. The Morgan fingerprint density at radius 1 is 1.55 bits per heavy atom. The Morgan fingerprint density at radius 3 is 2.70 bits per heavy atom. The molecule has 0 atom stereocenters. The maximum absolute atomic E-state index is 12.0. The van der Waals surface area contributed by atoms with Gasteiger partial charge in [-0.25, -0.2) is 4.79 Å². The number of carbonyl (C=O) groups is 2. The molecule has 0 spiro atoms. The molecule has 0 aromatic carbocycles. The molecule has 1 aromatic heterocycles. The first-order valence-electron chi connectivity index (χ1n) is 6.08. The smallest absolute Gasteiger partial charge is 0.343 e. The lowest BCUT2D eigenvalue weighted by Crippen LogP contribution is -2.23. The molecule has 110 valence electrons. The molecule has 1 amide bonds. The van der Waals surface area contributed by atoms with E-state index in [-0.39, 0.29) is 17.2 Å². The van der Waals surface area contributed by atoms with Crippen LogP contribution < -0.4 is 16.0 Å². The highest BCUT2D eigenvalue weighted by Gasteiger charge is 2.27. The number of ether oxygens (including phenoxy) is 1. The number of nitrogens with zero attached hydrogens (tertiary/aromatic N) is 1. The van der Waals surface area contributed by atoms with Crippen molar-refractivity contribution in [1.82, 2.24) is 5.32 Å². The molecule has 7 heteroatoms. The average Bonchev–Trinajstić information content (AvgIpc) is 2.80. The van der Waals surface area contributed by atoms with Crippen LogP contribution in [0.4, 0.5) is 10.7 Å². The summed E-state index contributed by atoms with van der Waals surface area (Å²) >= 11 is 1.17. The van der Waals surface area contributed by atoms with Crippen molar-refractivity contribution in [2.45, 2.75) is 6.92 Å². The molecule has 1 aromatic rings. The van der Waals surface area contributed by atoms with E-state index in [1.54, 1.807) is 6.08 Å². The third kappa shape index (κ3) is 3.11. The molecular formula is C13H19N3O3S. The van der Waals surface area contributed by atoms with Crippen molar-refractivity contribution in [3.05, 3.63) is 23.1 Å². The molecule has 0 aliphatic rings. The first-order valence-corrected chi connectivity index (χ1v) is 6.90. The first kappa shape index (κ1) is 16.0. The SMILES string of the molecule is C=CCNC(=O)c1sc(N(C)CC)c(C(=O)OC)c1N. The molecule has 0 unspecified atom stereocenters. The predicted molar refractivity (Wildman–Crippen MR) is 81.5 cm³/mol. The fourth-order valence-electron chi connectivity index (χ4n) is 1.56. The van der Waals surface area contributed by atoms with E-state index >= 15 is 0 Å². The second-order valence-electron chi connectivity index (χ2n) is 4.03. The van der Waals surface area contributed by atoms with Crippen LogP contribution in [-0.4, -0.2) is 39.1 Å². The van der Waals surface area contributed by atoms with Crippen LogP contribution in [0.15, 0.2) is 12.7 Å². The van der Waals surface area contributed by atoms with Crippen molar-refractivity contribution in [2.24, 2.45) is 0 Å². The van der Waals surface area contributed by atoms with Gasteiger partial charge in [0.05, 0.1) is 12.8 Å². The minimum Gasteiger partial charge on any atom is -0.465 e. The van der Waals surface area contributed by atoms with Crippen LogP contribution in [0.5, 0.6) is 0 Å². The van der Waals surface area contributed by atoms with E-state index in [0.29, 0.717) is 23.0 Å². The quantitative estimate of drug-likeness (QED) is 0.614. The maximum Gasteiger partial charge on any atom is 0.343 e. The van der Waals surface area contributed by atoms with Crippen LogP contribution in [0.2, 0.25) is 0 Å². The number of nitrogens with two attached hydrogens (primary N) is 1. The summed E-state index contributed by atoms with van der Waals surface area (Å²) in [5.74, 6) is -0.870. The fraction of sp³-hybridized carbons (Fsp3) is 0.385. The van der Waals surface area contributed by atoms with Gasteiger partial charge in [0.2, 0.25) is 0 Å². The van der Waals surface area contributed by atoms with Gasteiger partial charge in [-0.15, -0.1) is 17.9 Å². The molecule has 0 aliphatic heterocycles. The van der Waals surface area contributed by atoms with Crippen LogP contribution in [0.1, 0.15) is 27.0 Å². The monoisotopic (exact) mass is 297 g/mol. The van der Waals surface area contributed by atoms with Crippen molar-refractivity contribution in [1.29, 1.82) is 0 Å². The summed E-state index contributed by atoms with van der Waals surface area (Å²) in [4.78, 5) is 26.0. The van der Waals surface area contributed by atoms with E-state index in [2.05, 4.69) is 11.9 Å². The van der Waals surface area contributed by atoms with E-state index in [0.717, 1.165) is 0 Å². The molecule has 0 radical (unpaired) electrons. The van der Waals surface area contributed by atoms with Gasteiger partial charge in [-0.1, -0.05) is 6.08 Å². The number of methoxy groups -OCH3 is 1. The summed E-state index contributed by atoms with van der Waals surface area (Å²) in [7, 11) is 3.11. The zero-order chi connectivity index (χ0) is 15.3. The molecule has 0 saturated carbocycles. The number of anilines is 2. The molecule has 1 heterocycles. The van der Waals surface area contributed by atoms with E-state index in [4.69, 9.17) is 10.5 Å². The lowest BCUT2D eigenvalue weighted by Gasteiger charge is -2.15. The number of nitrogens with one attached hydrogen (secondary N) is 1. The normalized spacial score (nSPS) is 9.95. The summed E-state index contributed by atoms with van der Waals surface area (Å²) in [5, 5.41) is 3.27. The lowest BCUT2D eigenvalue weighted by atomic mass is 10.2. The topological polar surface area (TPSA) is 84.7 Å². The number of hydrogen-bond acceptors (Lipinski definition) is 6. The molecule has 0 aliphatic carbocycles. The van der Waals surface area contributed by atoms with Crippen molar-refractivity contribution in [3.8, 4) is 0 Å². The third-order valence-electron chi connectivity index (χ3n) is 2.75. The molecule has 0 saturated heterocycles. The van der Waals surface area contributed by atoms with E-state index in [1.165, 1.54) is 18.4 Å². The Balaban J connectivity index is 3.28. The molecular weight excluding hydrogens is 278 g/mol. The summed E-state index contributed by atoms with van der Waals surface area (Å²) in [5.41, 5.74) is 6.33. The van der Waals surface area contributed by atoms with Gasteiger partial charge < -0.3 is 20.7 Å². The highest BCUT2D eigenvalue weighted by molar-refractivity contribution is 7.19. The Labute approximate surface area is 122 Å². The van der Waals surface area contributed by atoms with Gasteiger partial charge in [0.25, 0.3) is 5.91 Å². The van der Waals surface area contributed by atoms with Crippen LogP contribution in [0, 0.1) is 0 Å². The molecule has 1 rings (SSSR count). The number of rotatable bonds is 6. The summed E-state index contributed by atoms with van der Waals surface area (Å²) in [6.45, 7) is 6.48. The number of thiophene rings is 1. The highest BCUT2D eigenvalue weighted by atomic mass is 32.1. The zero-order valence-electron chi connectivity index (χ0n) is 11.9. The second kappa shape index (κ2) is 6.95. The first-order chi connectivity index (χ1) is 9.47. The number of hydrogen-bond donors (Lipinski definition) is 2. The third-order valence-corrected chi connectivity index (χ3v) is 4.07. The van der Waals surface area contributed by atoms with Gasteiger partial charge in [0.1, 0.15) is 15.4 Å². The van der Waals surface area contributed by atoms with E-state index in [1.807, 2.05) is 18.9 Å². The Hall–Kier alpha value is -2.02. The van der Waals surface area contributed by atoms with Gasteiger partial charge in [-0.2, -0.15) is 0 Å². The fourth-order valence-corrected chi connectivity index (χ4v) is 2.71. The zero-order valence-corrected chi connectivity index (χ0v) is 12.7. The summed E-state index contributed by atoms with van der Waals surface area (Å²) in [6, 6.07) is 0. The molecule has 3 N–H and O–H groups in total. The van der Waals surface area contributed by atoms with Crippen LogP contribution in [-0.2, 0) is 4.74 Å². The van der Waals surface area contributed by atoms with Crippen molar-refractivity contribution >= 4 is 33.9 Å². The Morgan fingerprint density at radius 2 is 2.20 bits per heavy atom. The molecule has 6 nitrogen and oxygen atoms in total. The van der Waals surface area contributed by atoms with E-state index in [9.17, 15) is 9.59 Å². The summed E-state index contributed by atoms with van der Waals surface area (Å²) in [6.07, 6.45) is 1.57. The number of carbonyl (C=O) groups excluding carboxylic acids is 2. The van der Waals surface area contributed by atoms with Crippen molar-refractivity contribution in [2.75, 3.05) is 37.9 Å². The number of nitrogen functional groups attached to an aromatic ring is 1. The minimum absolute atomic E-state index is 0.152. The van der Waals surface area contributed by atoms with Crippen LogP contribution in [0.3, 0.4) is 0 Å². The Kier molecular flexibility index (Phi) is 5.57. The lowest BCUT2D eigenvalue weighted by molar-refractivity contribution is 0.0603. The molecule has 0 bridgehead atoms.